The van der Waals surface area contributed by atoms with Gasteiger partial charge in [0.05, 0.1) is 18.9 Å². The highest BCUT2D eigenvalue weighted by Crippen LogP contribution is 2.15. The minimum Gasteiger partial charge on any atom is -0.539 e. The van der Waals surface area contributed by atoms with Crippen molar-refractivity contribution >= 4 is 0 Å². The van der Waals surface area contributed by atoms with E-state index in [0.29, 0.717) is 12.2 Å². The number of nitrogens with one attached hydrogen (secondary N) is 1. The summed E-state index contributed by atoms with van der Waals surface area (Å²) in [4.78, 5) is 0. The molecule has 0 bridgehead atoms. The van der Waals surface area contributed by atoms with Crippen LogP contribution in [0.1, 0.15) is 32.9 Å². The van der Waals surface area contributed by atoms with Crippen molar-refractivity contribution in [1.82, 2.24) is 10.6 Å². The highest BCUT2D eigenvalue weighted by atomic mass is 16.6. The molecule has 114 valence electrons. The lowest BCUT2D eigenvalue weighted by Crippen LogP contribution is -2.44. The molecule has 1 aromatic carbocycles. The number of benzene rings is 1. The molecular formula is C15H21N3O3. The van der Waals surface area contributed by atoms with Gasteiger partial charge in [0.2, 0.25) is 5.69 Å². The van der Waals surface area contributed by atoms with E-state index >= 15 is 0 Å². The summed E-state index contributed by atoms with van der Waals surface area (Å²) in [5, 5.41) is 19.0. The summed E-state index contributed by atoms with van der Waals surface area (Å²) >= 11 is 0. The Morgan fingerprint density at radius 3 is 2.57 bits per heavy atom. The van der Waals surface area contributed by atoms with E-state index in [0.717, 1.165) is 17.9 Å². The molecule has 0 spiro atoms. The SMILES string of the molecule is CCC(C)(C)NCc1c([O-])on[n+]1-c1ccc(OC)cc1. The fourth-order valence-electron chi connectivity index (χ4n) is 1.79. The summed E-state index contributed by atoms with van der Waals surface area (Å²) < 4.78 is 11.4. The number of ether oxygens (including phenoxy) is 1. The van der Waals surface area contributed by atoms with Crippen molar-refractivity contribution in [2.75, 3.05) is 7.11 Å². The Bertz CT molecular complexity index is 591. The Morgan fingerprint density at radius 2 is 2.00 bits per heavy atom. The van der Waals surface area contributed by atoms with E-state index in [4.69, 9.17) is 9.26 Å². The van der Waals surface area contributed by atoms with Gasteiger partial charge in [-0.2, -0.15) is 0 Å². The fraction of sp³-hybridized carbons (Fsp3) is 0.467. The molecule has 21 heavy (non-hydrogen) atoms. The first kappa shape index (κ1) is 15.3. The molecule has 0 radical (unpaired) electrons. The van der Waals surface area contributed by atoms with Crippen LogP contribution in [0.4, 0.5) is 0 Å². The van der Waals surface area contributed by atoms with Crippen LogP contribution in [0.25, 0.3) is 5.69 Å². The van der Waals surface area contributed by atoms with Gasteiger partial charge in [0.25, 0.3) is 5.69 Å². The quantitative estimate of drug-likeness (QED) is 0.812. The molecule has 0 aliphatic heterocycles. The maximum Gasteiger partial charge on any atom is 0.253 e. The van der Waals surface area contributed by atoms with Crippen LogP contribution in [0.3, 0.4) is 0 Å². The van der Waals surface area contributed by atoms with Crippen LogP contribution in [0.2, 0.25) is 0 Å². The molecule has 1 aromatic heterocycles. The average molecular weight is 291 g/mol. The maximum atomic E-state index is 11.8. The number of hydrogen-bond acceptors (Lipinski definition) is 5. The van der Waals surface area contributed by atoms with E-state index in [-0.39, 0.29) is 5.54 Å². The van der Waals surface area contributed by atoms with E-state index < -0.39 is 5.95 Å². The largest absolute Gasteiger partial charge is 0.539 e. The first-order valence-electron chi connectivity index (χ1n) is 6.94. The van der Waals surface area contributed by atoms with E-state index in [1.807, 2.05) is 24.3 Å². The van der Waals surface area contributed by atoms with E-state index in [9.17, 15) is 5.11 Å². The van der Waals surface area contributed by atoms with Gasteiger partial charge < -0.3 is 19.7 Å². The lowest BCUT2D eigenvalue weighted by molar-refractivity contribution is -0.677. The third-order valence-electron chi connectivity index (χ3n) is 3.63. The third kappa shape index (κ3) is 3.52. The summed E-state index contributed by atoms with van der Waals surface area (Å²) in [5.74, 6) is 0.321. The summed E-state index contributed by atoms with van der Waals surface area (Å²) in [7, 11) is 1.61. The second kappa shape index (κ2) is 6.13. The molecule has 0 aliphatic carbocycles. The zero-order chi connectivity index (χ0) is 15.5. The van der Waals surface area contributed by atoms with Crippen LogP contribution in [-0.2, 0) is 6.54 Å². The molecule has 2 aromatic rings. The summed E-state index contributed by atoms with van der Waals surface area (Å²) in [5.41, 5.74) is 1.18. The van der Waals surface area contributed by atoms with Crippen molar-refractivity contribution in [1.29, 1.82) is 0 Å². The van der Waals surface area contributed by atoms with Crippen molar-refractivity contribution in [2.45, 2.75) is 39.3 Å². The maximum absolute atomic E-state index is 11.8. The van der Waals surface area contributed by atoms with Gasteiger partial charge in [-0.15, -0.1) is 0 Å². The van der Waals surface area contributed by atoms with E-state index in [1.165, 1.54) is 4.68 Å². The Labute approximate surface area is 124 Å². The molecule has 2 rings (SSSR count). The molecule has 6 heteroatoms. The third-order valence-corrected chi connectivity index (χ3v) is 3.63. The molecule has 6 nitrogen and oxygen atoms in total. The standard InChI is InChI=1S/C15H21N3O3/c1-5-15(2,3)16-10-13-14(19)21-17-18(13)11-6-8-12(20-4)9-7-11/h6-9,16H,5,10H2,1-4H3. The minimum atomic E-state index is -0.426. The van der Waals surface area contributed by atoms with Crippen LogP contribution in [0, 0.1) is 0 Å². The predicted octanol–water partition coefficient (Wildman–Crippen LogP) is 1.31. The summed E-state index contributed by atoms with van der Waals surface area (Å²) in [6.07, 6.45) is 0.953. The van der Waals surface area contributed by atoms with Gasteiger partial charge in [-0.05, 0) is 37.1 Å². The molecule has 1 heterocycles. The van der Waals surface area contributed by atoms with Gasteiger partial charge in [0, 0.05) is 17.7 Å². The van der Waals surface area contributed by atoms with Gasteiger partial charge in [0.1, 0.15) is 5.75 Å². The molecule has 0 unspecified atom stereocenters. The summed E-state index contributed by atoms with van der Waals surface area (Å²) in [6.45, 7) is 6.66. The molecule has 0 saturated carbocycles. The van der Waals surface area contributed by atoms with Gasteiger partial charge in [-0.1, -0.05) is 6.92 Å². The zero-order valence-electron chi connectivity index (χ0n) is 12.8. The number of aromatic nitrogens is 2. The molecule has 0 atom stereocenters. The second-order valence-electron chi connectivity index (χ2n) is 5.51. The van der Waals surface area contributed by atoms with E-state index in [2.05, 4.69) is 31.4 Å². The molecule has 0 fully saturated rings. The van der Waals surface area contributed by atoms with Crippen LogP contribution in [0.15, 0.2) is 28.8 Å². The van der Waals surface area contributed by atoms with Crippen molar-refractivity contribution in [3.63, 3.8) is 0 Å². The molecule has 0 amide bonds. The molecular weight excluding hydrogens is 270 g/mol. The van der Waals surface area contributed by atoms with Gasteiger partial charge >= 0.3 is 0 Å². The Balaban J connectivity index is 2.24. The highest BCUT2D eigenvalue weighted by molar-refractivity contribution is 5.31. The second-order valence-corrected chi connectivity index (χ2v) is 5.51. The topological polar surface area (TPSA) is 74.2 Å². The Kier molecular flexibility index (Phi) is 4.47. The summed E-state index contributed by atoms with van der Waals surface area (Å²) in [6, 6.07) is 7.29. The number of nitrogens with zero attached hydrogens (tertiary/aromatic N) is 2. The van der Waals surface area contributed by atoms with Crippen molar-refractivity contribution in [3.05, 3.63) is 30.0 Å². The number of hydrogen-bond donors (Lipinski definition) is 1. The van der Waals surface area contributed by atoms with Crippen LogP contribution < -0.4 is 19.8 Å². The predicted molar refractivity (Wildman–Crippen MR) is 75.2 cm³/mol. The van der Waals surface area contributed by atoms with Crippen LogP contribution in [-0.4, -0.2) is 17.9 Å². The highest BCUT2D eigenvalue weighted by Gasteiger charge is 2.23. The Hall–Kier alpha value is -2.08. The molecule has 0 aliphatic rings. The first-order chi connectivity index (χ1) is 9.96. The number of methoxy groups -OCH3 is 1. The molecule has 0 saturated heterocycles. The average Bonchev–Trinajstić information content (AvgIpc) is 2.86. The zero-order valence-corrected chi connectivity index (χ0v) is 12.8. The van der Waals surface area contributed by atoms with Crippen molar-refractivity contribution in [3.8, 4) is 17.4 Å². The van der Waals surface area contributed by atoms with E-state index in [1.54, 1.807) is 7.11 Å². The number of rotatable bonds is 6. The van der Waals surface area contributed by atoms with Crippen molar-refractivity contribution < 1.29 is 19.0 Å². The van der Waals surface area contributed by atoms with Gasteiger partial charge in [-0.25, -0.2) is 0 Å². The minimum absolute atomic E-state index is 0.0541. The normalized spacial score (nSPS) is 11.6. The Morgan fingerprint density at radius 1 is 1.33 bits per heavy atom. The first-order valence-corrected chi connectivity index (χ1v) is 6.94. The van der Waals surface area contributed by atoms with Gasteiger partial charge in [0.15, 0.2) is 5.95 Å². The fourth-order valence-corrected chi connectivity index (χ4v) is 1.79. The van der Waals surface area contributed by atoms with Crippen molar-refractivity contribution in [2.24, 2.45) is 0 Å². The smallest absolute Gasteiger partial charge is 0.253 e. The lowest BCUT2D eigenvalue weighted by atomic mass is 10.0. The van der Waals surface area contributed by atoms with Crippen LogP contribution in [0.5, 0.6) is 11.7 Å². The monoisotopic (exact) mass is 291 g/mol. The van der Waals surface area contributed by atoms with Crippen LogP contribution >= 0.6 is 0 Å². The molecule has 1 N–H and O–H groups in total. The lowest BCUT2D eigenvalue weighted by Gasteiger charge is -2.23. The van der Waals surface area contributed by atoms with Gasteiger partial charge in [-0.3, -0.25) is 0 Å².